The largest absolute Gasteiger partial charge is 0.507 e. The quantitative estimate of drug-likeness (QED) is 0.339. The monoisotopic (exact) mass is 464 g/mol. The summed E-state index contributed by atoms with van der Waals surface area (Å²) in [6.45, 7) is 5.14. The van der Waals surface area contributed by atoms with Gasteiger partial charge in [-0.05, 0) is 48.3 Å². The maximum absolute atomic E-state index is 14.2. The maximum Gasteiger partial charge on any atom is 0.168 e. The Bertz CT molecular complexity index is 1210. The molecule has 0 bridgehead atoms. The van der Waals surface area contributed by atoms with E-state index in [0.717, 1.165) is 46.0 Å². The molecule has 0 aromatic heterocycles. The molecule has 0 amide bonds. The van der Waals surface area contributed by atoms with Gasteiger partial charge in [-0.3, -0.25) is 4.99 Å². The highest BCUT2D eigenvalue weighted by Crippen LogP contribution is 2.38. The summed E-state index contributed by atoms with van der Waals surface area (Å²) >= 11 is 0. The number of halogens is 1. The van der Waals surface area contributed by atoms with Gasteiger partial charge in [-0.1, -0.05) is 25.1 Å². The topological polar surface area (TPSA) is 63.5 Å². The van der Waals surface area contributed by atoms with Crippen LogP contribution in [0.25, 0.3) is 5.57 Å². The highest BCUT2D eigenvalue weighted by molar-refractivity contribution is 6.18. The molecule has 2 heterocycles. The van der Waals surface area contributed by atoms with Crippen molar-refractivity contribution in [1.82, 2.24) is 4.90 Å². The molecule has 1 N–H and O–H groups in total. The standard InChI is InChI=1S/C27H29FN2O4/c1-5-7-19-11-18-14-29-27(22-12-26(32-4)24(28)13-25(22)31)20-9-8-17(16-34-33-6-2)10-21(20)23(18)15-30(19)3/h7-13,15,31H,5-6,14,16H2,1-4H3/b19-7-. The second-order valence-electron chi connectivity index (χ2n) is 8.08. The average Bonchev–Trinajstić information content (AvgIpc) is 2.97. The molecule has 34 heavy (non-hydrogen) atoms. The zero-order chi connectivity index (χ0) is 24.2. The van der Waals surface area contributed by atoms with Crippen molar-refractivity contribution in [3.8, 4) is 11.5 Å². The number of methoxy groups -OCH3 is 1. The first-order chi connectivity index (χ1) is 16.5. The number of allylic oxidation sites excluding steroid dienone is 2. The van der Waals surface area contributed by atoms with Gasteiger partial charge >= 0.3 is 0 Å². The zero-order valence-corrected chi connectivity index (χ0v) is 19.9. The van der Waals surface area contributed by atoms with Gasteiger partial charge in [0.05, 0.1) is 26.0 Å². The Morgan fingerprint density at radius 2 is 1.94 bits per heavy atom. The number of likely N-dealkylation sites (N-methyl/N-ethyl adjacent to an activating group) is 1. The van der Waals surface area contributed by atoms with Crippen LogP contribution in [0.5, 0.6) is 11.5 Å². The van der Waals surface area contributed by atoms with Gasteiger partial charge < -0.3 is 14.7 Å². The van der Waals surface area contributed by atoms with Crippen molar-refractivity contribution in [2.24, 2.45) is 4.99 Å². The first-order valence-electron chi connectivity index (χ1n) is 11.3. The molecule has 4 rings (SSSR count). The summed E-state index contributed by atoms with van der Waals surface area (Å²) in [6.07, 6.45) is 7.33. The number of fused-ring (bicyclic) bond motifs is 3. The van der Waals surface area contributed by atoms with Crippen molar-refractivity contribution in [1.29, 1.82) is 0 Å². The summed E-state index contributed by atoms with van der Waals surface area (Å²) in [5, 5.41) is 10.6. The molecule has 2 aliphatic rings. The van der Waals surface area contributed by atoms with Gasteiger partial charge in [0, 0.05) is 41.7 Å². The van der Waals surface area contributed by atoms with Crippen molar-refractivity contribution in [2.45, 2.75) is 26.9 Å². The first kappa shape index (κ1) is 23.7. The van der Waals surface area contributed by atoms with Gasteiger partial charge in [-0.25, -0.2) is 14.2 Å². The van der Waals surface area contributed by atoms with Crippen molar-refractivity contribution >= 4 is 11.3 Å². The van der Waals surface area contributed by atoms with Crippen molar-refractivity contribution in [2.75, 3.05) is 27.3 Å². The van der Waals surface area contributed by atoms with Crippen molar-refractivity contribution in [3.63, 3.8) is 0 Å². The van der Waals surface area contributed by atoms with Gasteiger partial charge in [0.2, 0.25) is 0 Å². The summed E-state index contributed by atoms with van der Waals surface area (Å²) < 4.78 is 19.4. The number of rotatable bonds is 7. The third kappa shape index (κ3) is 4.62. The molecule has 0 fully saturated rings. The Labute approximate surface area is 199 Å². The van der Waals surface area contributed by atoms with E-state index >= 15 is 0 Å². The molecule has 0 aliphatic carbocycles. The van der Waals surface area contributed by atoms with E-state index in [1.165, 1.54) is 13.2 Å². The number of ether oxygens (including phenoxy) is 1. The summed E-state index contributed by atoms with van der Waals surface area (Å²) in [5.74, 6) is -0.772. The highest BCUT2D eigenvalue weighted by Gasteiger charge is 2.26. The van der Waals surface area contributed by atoms with Gasteiger partial charge in [-0.2, -0.15) is 0 Å². The number of nitrogens with zero attached hydrogens (tertiary/aromatic N) is 2. The van der Waals surface area contributed by atoms with Crippen molar-refractivity contribution < 1.29 is 24.0 Å². The maximum atomic E-state index is 14.2. The normalized spacial score (nSPS) is 16.3. The summed E-state index contributed by atoms with van der Waals surface area (Å²) in [7, 11) is 3.42. The fraction of sp³-hybridized carbons (Fsp3) is 0.296. The highest BCUT2D eigenvalue weighted by atomic mass is 19.1. The average molecular weight is 465 g/mol. The predicted octanol–water partition coefficient (Wildman–Crippen LogP) is 5.37. The Kier molecular flexibility index (Phi) is 7.14. The van der Waals surface area contributed by atoms with E-state index in [4.69, 9.17) is 19.5 Å². The summed E-state index contributed by atoms with van der Waals surface area (Å²) in [5.41, 5.74) is 6.90. The van der Waals surface area contributed by atoms with Crippen LogP contribution in [0.4, 0.5) is 4.39 Å². The minimum absolute atomic E-state index is 0.0479. The number of benzene rings is 2. The number of hydrogen-bond acceptors (Lipinski definition) is 6. The number of aromatic hydroxyl groups is 1. The zero-order valence-electron chi connectivity index (χ0n) is 19.9. The van der Waals surface area contributed by atoms with E-state index < -0.39 is 5.82 Å². The lowest BCUT2D eigenvalue weighted by molar-refractivity contribution is -0.300. The van der Waals surface area contributed by atoms with E-state index in [0.29, 0.717) is 31.0 Å². The molecule has 2 aromatic carbocycles. The third-order valence-corrected chi connectivity index (χ3v) is 5.80. The van der Waals surface area contributed by atoms with Crippen LogP contribution in [0.2, 0.25) is 0 Å². The van der Waals surface area contributed by atoms with Gasteiger partial charge in [0.25, 0.3) is 0 Å². The smallest absolute Gasteiger partial charge is 0.168 e. The van der Waals surface area contributed by atoms with Crippen LogP contribution in [0.3, 0.4) is 0 Å². The molecule has 178 valence electrons. The minimum Gasteiger partial charge on any atom is -0.507 e. The molecule has 0 radical (unpaired) electrons. The lowest BCUT2D eigenvalue weighted by Crippen LogP contribution is -2.16. The van der Waals surface area contributed by atoms with Crippen LogP contribution >= 0.6 is 0 Å². The molecule has 0 unspecified atom stereocenters. The van der Waals surface area contributed by atoms with E-state index in [1.54, 1.807) is 0 Å². The summed E-state index contributed by atoms with van der Waals surface area (Å²) in [6, 6.07) is 8.50. The van der Waals surface area contributed by atoms with E-state index in [-0.39, 0.29) is 11.5 Å². The number of phenolic OH excluding ortho intramolecular Hbond substituents is 1. The predicted molar refractivity (Wildman–Crippen MR) is 130 cm³/mol. The van der Waals surface area contributed by atoms with Crippen LogP contribution < -0.4 is 4.74 Å². The van der Waals surface area contributed by atoms with Crippen LogP contribution in [0, 0.1) is 5.82 Å². The first-order valence-corrected chi connectivity index (χ1v) is 11.3. The van der Waals surface area contributed by atoms with Crippen molar-refractivity contribution in [3.05, 3.63) is 88.0 Å². The van der Waals surface area contributed by atoms with E-state index in [2.05, 4.69) is 36.2 Å². The van der Waals surface area contributed by atoms with Gasteiger partial charge in [-0.15, -0.1) is 0 Å². The molecular weight excluding hydrogens is 435 g/mol. The third-order valence-electron chi connectivity index (χ3n) is 5.80. The Hall–Kier alpha value is -3.42. The van der Waals surface area contributed by atoms with Crippen LogP contribution in [-0.4, -0.2) is 43.0 Å². The van der Waals surface area contributed by atoms with Crippen LogP contribution in [-0.2, 0) is 16.4 Å². The Balaban J connectivity index is 1.90. The molecule has 7 heteroatoms. The Morgan fingerprint density at radius 1 is 1.12 bits per heavy atom. The fourth-order valence-electron chi connectivity index (χ4n) is 4.17. The molecule has 0 spiro atoms. The molecule has 6 nitrogen and oxygen atoms in total. The van der Waals surface area contributed by atoms with Gasteiger partial charge in [0.15, 0.2) is 11.6 Å². The Morgan fingerprint density at radius 3 is 2.68 bits per heavy atom. The second kappa shape index (κ2) is 10.2. The molecule has 2 aromatic rings. The van der Waals surface area contributed by atoms with Crippen LogP contribution in [0.15, 0.2) is 64.9 Å². The molecule has 2 aliphatic heterocycles. The fourth-order valence-corrected chi connectivity index (χ4v) is 4.17. The van der Waals surface area contributed by atoms with E-state index in [9.17, 15) is 9.50 Å². The van der Waals surface area contributed by atoms with E-state index in [1.807, 2.05) is 26.1 Å². The van der Waals surface area contributed by atoms with Gasteiger partial charge in [0.1, 0.15) is 12.4 Å². The number of hydrogen-bond donors (Lipinski definition) is 1. The molecule has 0 atom stereocenters. The summed E-state index contributed by atoms with van der Waals surface area (Å²) in [4.78, 5) is 17.3. The molecule has 0 saturated carbocycles. The molecular formula is C27H29FN2O4. The lowest BCUT2D eigenvalue weighted by atomic mass is 9.88. The van der Waals surface area contributed by atoms with Crippen LogP contribution in [0.1, 0.15) is 42.5 Å². The SMILES string of the molecule is CC/C=C1/C=C2CN=C(c3cc(OC)c(F)cc3O)c3ccc(COOCC)cc3C2=CN1C. The lowest BCUT2D eigenvalue weighted by Gasteiger charge is -2.26. The molecule has 0 saturated heterocycles. The number of aliphatic imine (C=N–C) groups is 1. The minimum atomic E-state index is -0.628. The number of phenols is 1. The second-order valence-corrected chi connectivity index (χ2v) is 8.08.